The molecule has 114 valence electrons. The van der Waals surface area contributed by atoms with E-state index >= 15 is 0 Å². The number of aromatic nitrogens is 3. The van der Waals surface area contributed by atoms with Gasteiger partial charge in [-0.2, -0.15) is 0 Å². The third-order valence-electron chi connectivity index (χ3n) is 3.83. The van der Waals surface area contributed by atoms with Crippen LogP contribution in [-0.2, 0) is 0 Å². The monoisotopic (exact) mass is 326 g/mol. The third-order valence-corrected chi connectivity index (χ3v) is 4.16. The Morgan fingerprint density at radius 1 is 1.13 bits per heavy atom. The molecule has 0 radical (unpaired) electrons. The lowest BCUT2D eigenvalue weighted by molar-refractivity contribution is 0.629. The van der Waals surface area contributed by atoms with Crippen LogP contribution in [0.2, 0.25) is 5.02 Å². The molecular formula is C17H12ClFN4. The zero-order valence-corrected chi connectivity index (χ0v) is 13.0. The van der Waals surface area contributed by atoms with Gasteiger partial charge in [-0.3, -0.25) is 4.40 Å². The summed E-state index contributed by atoms with van der Waals surface area (Å²) in [4.78, 5) is 8.95. The van der Waals surface area contributed by atoms with E-state index in [1.165, 1.54) is 12.1 Å². The number of hydrogen-bond donors (Lipinski definition) is 1. The summed E-state index contributed by atoms with van der Waals surface area (Å²) in [6.07, 6.45) is 0. The Labute approximate surface area is 136 Å². The van der Waals surface area contributed by atoms with Crippen molar-refractivity contribution in [2.75, 3.05) is 5.73 Å². The molecule has 0 saturated heterocycles. The van der Waals surface area contributed by atoms with E-state index in [4.69, 9.17) is 17.3 Å². The van der Waals surface area contributed by atoms with Crippen LogP contribution < -0.4 is 5.73 Å². The standard InChI is InChI=1S/C17H12ClFN4/c1-9-15-16(20)22-13-7-6-10(19)8-14(13)23(15)17(21-9)11-4-2-3-5-12(11)18/h2-8H,1H3,(H2,20,22). The molecule has 0 amide bonds. The van der Waals surface area contributed by atoms with Gasteiger partial charge in [0.2, 0.25) is 0 Å². The second kappa shape index (κ2) is 4.93. The molecule has 0 bridgehead atoms. The number of fused-ring (bicyclic) bond motifs is 3. The van der Waals surface area contributed by atoms with Gasteiger partial charge < -0.3 is 5.73 Å². The average molecular weight is 327 g/mol. The van der Waals surface area contributed by atoms with Gasteiger partial charge in [-0.25, -0.2) is 14.4 Å². The van der Waals surface area contributed by atoms with Crippen molar-refractivity contribution in [2.45, 2.75) is 6.92 Å². The number of rotatable bonds is 1. The summed E-state index contributed by atoms with van der Waals surface area (Å²) < 4.78 is 15.6. The minimum Gasteiger partial charge on any atom is -0.382 e. The second-order valence-electron chi connectivity index (χ2n) is 5.31. The molecule has 0 aliphatic carbocycles. The molecule has 0 fully saturated rings. The minimum atomic E-state index is -0.346. The summed E-state index contributed by atoms with van der Waals surface area (Å²) in [7, 11) is 0. The largest absolute Gasteiger partial charge is 0.382 e. The molecule has 2 aromatic heterocycles. The summed E-state index contributed by atoms with van der Waals surface area (Å²) in [6.45, 7) is 1.85. The maximum absolute atomic E-state index is 13.8. The molecule has 0 unspecified atom stereocenters. The van der Waals surface area contributed by atoms with Crippen molar-refractivity contribution in [3.8, 4) is 11.4 Å². The van der Waals surface area contributed by atoms with Crippen molar-refractivity contribution < 1.29 is 4.39 Å². The van der Waals surface area contributed by atoms with E-state index < -0.39 is 0 Å². The number of halogens is 2. The van der Waals surface area contributed by atoms with Crippen LogP contribution in [0.1, 0.15) is 5.69 Å². The summed E-state index contributed by atoms with van der Waals surface area (Å²) in [5, 5.41) is 0.569. The fraction of sp³-hybridized carbons (Fsp3) is 0.0588. The predicted molar refractivity (Wildman–Crippen MR) is 90.0 cm³/mol. The summed E-state index contributed by atoms with van der Waals surface area (Å²) in [5.74, 6) is 0.627. The van der Waals surface area contributed by atoms with E-state index in [1.807, 2.05) is 29.5 Å². The highest BCUT2D eigenvalue weighted by molar-refractivity contribution is 6.33. The quantitative estimate of drug-likeness (QED) is 0.569. The number of nitrogens with zero attached hydrogens (tertiary/aromatic N) is 3. The Bertz CT molecular complexity index is 1070. The highest BCUT2D eigenvalue weighted by Crippen LogP contribution is 2.32. The van der Waals surface area contributed by atoms with Crippen LogP contribution in [0, 0.1) is 12.7 Å². The Balaban J connectivity index is 2.24. The fourth-order valence-corrected chi connectivity index (χ4v) is 3.06. The van der Waals surface area contributed by atoms with Crippen LogP contribution in [0.15, 0.2) is 42.5 Å². The Hall–Kier alpha value is -2.66. The first-order chi connectivity index (χ1) is 11.1. The smallest absolute Gasteiger partial charge is 0.150 e. The van der Waals surface area contributed by atoms with Crippen LogP contribution >= 0.6 is 11.6 Å². The molecule has 6 heteroatoms. The van der Waals surface area contributed by atoms with Crippen LogP contribution in [0.3, 0.4) is 0 Å². The van der Waals surface area contributed by atoms with Crippen LogP contribution in [0.5, 0.6) is 0 Å². The molecule has 2 aromatic carbocycles. The first kappa shape index (κ1) is 14.0. The zero-order chi connectivity index (χ0) is 16.1. The molecule has 0 aliphatic heterocycles. The van der Waals surface area contributed by atoms with Crippen molar-refractivity contribution in [1.82, 2.24) is 14.4 Å². The number of benzene rings is 2. The van der Waals surface area contributed by atoms with Crippen molar-refractivity contribution in [3.05, 3.63) is 59.0 Å². The number of nitrogen functional groups attached to an aromatic ring is 1. The van der Waals surface area contributed by atoms with Crippen LogP contribution in [-0.4, -0.2) is 14.4 Å². The molecule has 4 aromatic rings. The Kier molecular flexibility index (Phi) is 2.99. The number of nitrogens with two attached hydrogens (primary N) is 1. The maximum Gasteiger partial charge on any atom is 0.150 e. The lowest BCUT2D eigenvalue weighted by atomic mass is 10.2. The normalized spacial score (nSPS) is 11.4. The van der Waals surface area contributed by atoms with Gasteiger partial charge in [0.1, 0.15) is 23.0 Å². The molecule has 0 saturated carbocycles. The number of aryl methyl sites for hydroxylation is 1. The van der Waals surface area contributed by atoms with Gasteiger partial charge in [0.05, 0.1) is 21.7 Å². The molecule has 0 atom stereocenters. The molecule has 4 rings (SSSR count). The van der Waals surface area contributed by atoms with E-state index in [-0.39, 0.29) is 5.82 Å². The topological polar surface area (TPSA) is 56.2 Å². The first-order valence-corrected chi connectivity index (χ1v) is 7.43. The van der Waals surface area contributed by atoms with Gasteiger partial charge in [-0.15, -0.1) is 0 Å². The molecule has 23 heavy (non-hydrogen) atoms. The van der Waals surface area contributed by atoms with Crippen LogP contribution in [0.4, 0.5) is 10.2 Å². The number of anilines is 1. The molecule has 0 aliphatic rings. The Morgan fingerprint density at radius 3 is 2.70 bits per heavy atom. The molecule has 0 spiro atoms. The molecule has 2 N–H and O–H groups in total. The lowest BCUT2D eigenvalue weighted by Crippen LogP contribution is -2.00. The second-order valence-corrected chi connectivity index (χ2v) is 5.72. The molecular weight excluding hydrogens is 315 g/mol. The fourth-order valence-electron chi connectivity index (χ4n) is 2.84. The highest BCUT2D eigenvalue weighted by atomic mass is 35.5. The van der Waals surface area contributed by atoms with E-state index in [1.54, 1.807) is 12.1 Å². The van der Waals surface area contributed by atoms with Crippen molar-refractivity contribution in [1.29, 1.82) is 0 Å². The van der Waals surface area contributed by atoms with E-state index in [9.17, 15) is 4.39 Å². The van der Waals surface area contributed by atoms with Gasteiger partial charge in [0, 0.05) is 11.6 Å². The van der Waals surface area contributed by atoms with Gasteiger partial charge in [-0.05, 0) is 31.2 Å². The molecule has 4 nitrogen and oxygen atoms in total. The van der Waals surface area contributed by atoms with Crippen molar-refractivity contribution in [3.63, 3.8) is 0 Å². The highest BCUT2D eigenvalue weighted by Gasteiger charge is 2.18. The third kappa shape index (κ3) is 2.04. The molecule has 2 heterocycles. The average Bonchev–Trinajstić information content (AvgIpc) is 2.87. The van der Waals surface area contributed by atoms with Crippen molar-refractivity contribution in [2.24, 2.45) is 0 Å². The summed E-state index contributed by atoms with van der Waals surface area (Å²) in [5.41, 5.74) is 9.43. The number of hydrogen-bond acceptors (Lipinski definition) is 3. The van der Waals surface area contributed by atoms with E-state index in [0.717, 1.165) is 11.3 Å². The Morgan fingerprint density at radius 2 is 1.91 bits per heavy atom. The zero-order valence-electron chi connectivity index (χ0n) is 12.2. The summed E-state index contributed by atoms with van der Waals surface area (Å²) >= 11 is 6.32. The van der Waals surface area contributed by atoms with Gasteiger partial charge in [0.15, 0.2) is 0 Å². The van der Waals surface area contributed by atoms with Gasteiger partial charge in [-0.1, -0.05) is 23.7 Å². The predicted octanol–water partition coefficient (Wildman–Crippen LogP) is 4.23. The number of imidazole rings is 1. The van der Waals surface area contributed by atoms with E-state index in [2.05, 4.69) is 9.97 Å². The van der Waals surface area contributed by atoms with Crippen molar-refractivity contribution >= 4 is 34.0 Å². The lowest BCUT2D eigenvalue weighted by Gasteiger charge is -2.09. The minimum absolute atomic E-state index is 0.346. The van der Waals surface area contributed by atoms with E-state index in [0.29, 0.717) is 33.2 Å². The summed E-state index contributed by atoms with van der Waals surface area (Å²) in [6, 6.07) is 11.8. The SMILES string of the molecule is Cc1nc(-c2ccccc2Cl)n2c1c(N)nc1ccc(F)cc12. The van der Waals surface area contributed by atoms with Gasteiger partial charge >= 0.3 is 0 Å². The first-order valence-electron chi connectivity index (χ1n) is 7.05. The van der Waals surface area contributed by atoms with Crippen LogP contribution in [0.25, 0.3) is 27.9 Å². The van der Waals surface area contributed by atoms with Gasteiger partial charge in [0.25, 0.3) is 0 Å². The maximum atomic E-state index is 13.8.